The van der Waals surface area contributed by atoms with Gasteiger partial charge in [0, 0.05) is 43.9 Å². The van der Waals surface area contributed by atoms with Gasteiger partial charge in [0.15, 0.2) is 0 Å². The monoisotopic (exact) mass is 534 g/mol. The van der Waals surface area contributed by atoms with Crippen LogP contribution in [-0.4, -0.2) is 38.4 Å². The first-order chi connectivity index (χ1) is 18.1. The van der Waals surface area contributed by atoms with E-state index >= 15 is 0 Å². The molecule has 4 rings (SSSR count). The molecule has 6 nitrogen and oxygen atoms in total. The van der Waals surface area contributed by atoms with E-state index in [4.69, 9.17) is 4.74 Å². The Morgan fingerprint density at radius 3 is 2.26 bits per heavy atom. The summed E-state index contributed by atoms with van der Waals surface area (Å²) in [6.07, 6.45) is 8.40. The predicted molar refractivity (Wildman–Crippen MR) is 146 cm³/mol. The number of amides is 1. The van der Waals surface area contributed by atoms with Crippen molar-refractivity contribution in [2.75, 3.05) is 25.1 Å². The molecule has 0 aromatic heterocycles. The fourth-order valence-corrected chi connectivity index (χ4v) is 5.78. The summed E-state index contributed by atoms with van der Waals surface area (Å²) in [4.78, 5) is 34.9. The molecule has 1 amide bonds. The van der Waals surface area contributed by atoms with Gasteiger partial charge in [-0.15, -0.1) is 0 Å². The number of ether oxygens (including phenoxy) is 1. The zero-order chi connectivity index (χ0) is 28.5. The van der Waals surface area contributed by atoms with Gasteiger partial charge in [0.25, 0.3) is 0 Å². The van der Waals surface area contributed by atoms with Gasteiger partial charge < -0.3 is 19.7 Å². The van der Waals surface area contributed by atoms with Gasteiger partial charge in [0.2, 0.25) is 5.91 Å². The second kappa shape index (κ2) is 14.4. The molecule has 2 saturated carbocycles. The van der Waals surface area contributed by atoms with Gasteiger partial charge in [-0.25, -0.2) is 8.78 Å². The average molecular weight is 535 g/mol. The summed E-state index contributed by atoms with van der Waals surface area (Å²) >= 11 is 0. The normalized spacial score (nSPS) is 20.1. The average Bonchev–Trinajstić information content (AvgIpc) is 3.17. The Kier molecular flexibility index (Phi) is 11.9. The Balaban J connectivity index is 0.000000301. The molecule has 0 radical (unpaired) electrons. The molecular weight excluding hydrogens is 490 g/mol. The Morgan fingerprint density at radius 1 is 1.24 bits per heavy atom. The van der Waals surface area contributed by atoms with Gasteiger partial charge in [-0.3, -0.25) is 9.59 Å². The summed E-state index contributed by atoms with van der Waals surface area (Å²) < 4.78 is 34.2. The van der Waals surface area contributed by atoms with Crippen LogP contribution in [0.5, 0.6) is 0 Å². The molecule has 1 saturated heterocycles. The highest BCUT2D eigenvalue weighted by Crippen LogP contribution is 2.58. The third kappa shape index (κ3) is 7.87. The molecule has 0 bridgehead atoms. The van der Waals surface area contributed by atoms with Crippen LogP contribution < -0.4 is 10.2 Å². The van der Waals surface area contributed by atoms with Crippen molar-refractivity contribution >= 4 is 23.9 Å². The van der Waals surface area contributed by atoms with Crippen molar-refractivity contribution in [2.45, 2.75) is 85.0 Å². The number of esters is 1. The van der Waals surface area contributed by atoms with E-state index in [0.29, 0.717) is 42.4 Å². The van der Waals surface area contributed by atoms with Gasteiger partial charge in [-0.05, 0) is 67.9 Å². The molecule has 1 N–H and O–H groups in total. The van der Waals surface area contributed by atoms with E-state index in [1.54, 1.807) is 4.90 Å². The quantitative estimate of drug-likeness (QED) is 0.313. The minimum absolute atomic E-state index is 0.0547. The minimum Gasteiger partial charge on any atom is -0.466 e. The summed E-state index contributed by atoms with van der Waals surface area (Å²) in [5.74, 6) is -2.20. The molecule has 3 fully saturated rings. The number of likely N-dealkylation sites (N-methyl/N-ethyl adjacent to an activating group) is 1. The van der Waals surface area contributed by atoms with Crippen molar-refractivity contribution in [3.63, 3.8) is 0 Å². The first kappa shape index (κ1) is 31.4. The zero-order valence-corrected chi connectivity index (χ0v) is 23.6. The second-order valence-electron chi connectivity index (χ2n) is 10.7. The van der Waals surface area contributed by atoms with E-state index in [0.717, 1.165) is 12.1 Å². The highest BCUT2D eigenvalue weighted by molar-refractivity contribution is 5.84. The molecule has 2 unspecified atom stereocenters. The number of benzene rings is 1. The number of allylic oxidation sites excluding steroid dienone is 1. The number of carbonyl (C=O) groups excluding carboxylic acids is 3. The number of carbonyl (C=O) groups is 3. The van der Waals surface area contributed by atoms with Crippen molar-refractivity contribution < 1.29 is 27.9 Å². The number of hydrogen-bond acceptors (Lipinski definition) is 5. The van der Waals surface area contributed by atoms with Crippen molar-refractivity contribution in [1.29, 1.82) is 0 Å². The van der Waals surface area contributed by atoms with E-state index < -0.39 is 23.5 Å². The molecule has 3 aliphatic rings. The predicted octanol–water partition coefficient (Wildman–Crippen LogP) is 6.29. The van der Waals surface area contributed by atoms with Crippen LogP contribution in [0, 0.1) is 28.9 Å². The summed E-state index contributed by atoms with van der Waals surface area (Å²) in [6.45, 7) is 12.8. The molecule has 1 aromatic carbocycles. The molecule has 1 heterocycles. The highest BCUT2D eigenvalue weighted by Gasteiger charge is 2.48. The van der Waals surface area contributed by atoms with Crippen LogP contribution in [0.3, 0.4) is 0 Å². The number of rotatable bonds is 8. The van der Waals surface area contributed by atoms with E-state index in [1.807, 2.05) is 20.8 Å². The maximum absolute atomic E-state index is 14.6. The van der Waals surface area contributed by atoms with Crippen LogP contribution in [0.1, 0.15) is 90.5 Å². The molecule has 212 valence electrons. The van der Waals surface area contributed by atoms with Crippen LogP contribution in [0.15, 0.2) is 24.4 Å². The van der Waals surface area contributed by atoms with E-state index in [1.165, 1.54) is 58.2 Å². The number of hydrogen-bond donors (Lipinski definition) is 1. The fraction of sp³-hybridized carbons (Fsp3) is 0.633. The summed E-state index contributed by atoms with van der Waals surface area (Å²) in [7, 11) is 1.40. The molecular formula is C30H44F2N2O4. The van der Waals surface area contributed by atoms with Crippen molar-refractivity contribution in [3.8, 4) is 0 Å². The van der Waals surface area contributed by atoms with Crippen molar-refractivity contribution in [3.05, 3.63) is 41.6 Å². The van der Waals surface area contributed by atoms with Gasteiger partial charge >= 0.3 is 5.97 Å². The Labute approximate surface area is 226 Å². The van der Waals surface area contributed by atoms with Crippen LogP contribution in [-0.2, 0) is 19.1 Å². The SMILES string of the molecule is C=C1CC(C)CN1c1cc(F)c(C(CCC=O)C(=O)NC)c(F)c1.CC.CC(=O)OCC1CC2(CCC2)C1. The molecule has 38 heavy (non-hydrogen) atoms. The lowest BCUT2D eigenvalue weighted by atomic mass is 9.52. The minimum atomic E-state index is -1.03. The lowest BCUT2D eigenvalue weighted by Gasteiger charge is -2.54. The molecule has 8 heteroatoms. The number of halogens is 2. The van der Waals surface area contributed by atoms with Gasteiger partial charge in [0.1, 0.15) is 17.9 Å². The van der Waals surface area contributed by atoms with E-state index in [-0.39, 0.29) is 24.4 Å². The van der Waals surface area contributed by atoms with Crippen LogP contribution in [0.25, 0.3) is 0 Å². The van der Waals surface area contributed by atoms with Crippen LogP contribution in [0.2, 0.25) is 0 Å². The topological polar surface area (TPSA) is 75.7 Å². The summed E-state index contributed by atoms with van der Waals surface area (Å²) in [5.41, 5.74) is 1.63. The van der Waals surface area contributed by atoms with Crippen LogP contribution >= 0.6 is 0 Å². The maximum atomic E-state index is 14.6. The van der Waals surface area contributed by atoms with Gasteiger partial charge in [-0.2, -0.15) is 0 Å². The number of aldehydes is 1. The summed E-state index contributed by atoms with van der Waals surface area (Å²) in [6, 6.07) is 2.47. The van der Waals surface area contributed by atoms with E-state index in [2.05, 4.69) is 11.9 Å². The molecule has 1 aromatic rings. The van der Waals surface area contributed by atoms with E-state index in [9.17, 15) is 23.2 Å². The molecule has 2 atom stereocenters. The van der Waals surface area contributed by atoms with Crippen molar-refractivity contribution in [2.24, 2.45) is 17.3 Å². The first-order valence-corrected chi connectivity index (χ1v) is 13.8. The fourth-order valence-electron chi connectivity index (χ4n) is 5.78. The third-order valence-corrected chi connectivity index (χ3v) is 7.70. The van der Waals surface area contributed by atoms with Crippen molar-refractivity contribution in [1.82, 2.24) is 5.32 Å². The zero-order valence-electron chi connectivity index (χ0n) is 23.6. The van der Waals surface area contributed by atoms with Gasteiger partial charge in [0.05, 0.1) is 12.5 Å². The lowest BCUT2D eigenvalue weighted by Crippen LogP contribution is -2.44. The molecule has 2 aliphatic carbocycles. The third-order valence-electron chi connectivity index (χ3n) is 7.70. The highest BCUT2D eigenvalue weighted by atomic mass is 19.1. The van der Waals surface area contributed by atoms with Gasteiger partial charge in [-0.1, -0.05) is 33.8 Å². The summed E-state index contributed by atoms with van der Waals surface area (Å²) in [5, 5.41) is 2.40. The number of nitrogens with zero attached hydrogens (tertiary/aromatic N) is 1. The number of nitrogens with one attached hydrogen (secondary N) is 1. The Morgan fingerprint density at radius 2 is 1.84 bits per heavy atom. The Bertz CT molecular complexity index is 961. The second-order valence-corrected chi connectivity index (χ2v) is 10.7. The molecule has 1 aliphatic heterocycles. The number of anilines is 1. The largest absolute Gasteiger partial charge is 0.466 e. The maximum Gasteiger partial charge on any atom is 0.302 e. The Hall–Kier alpha value is -2.77. The lowest BCUT2D eigenvalue weighted by molar-refractivity contribution is -0.147. The molecule has 1 spiro atoms. The standard InChI is InChI=1S/C18H22F2N2O2.C10H16O2.C2H6/c1-11-7-12(2)22(10-11)13-8-15(19)17(16(20)9-13)14(5-4-6-23)18(24)21-3;1-8(11)12-7-9-5-10(6-9)3-2-4-10;1-2/h6,8-9,11,14H,2,4-5,7,10H2,1,3H3,(H,21,24);9H,2-7H2,1H3;1-2H3. The van der Waals surface area contributed by atoms with Crippen LogP contribution in [0.4, 0.5) is 14.5 Å². The first-order valence-electron chi connectivity index (χ1n) is 13.8. The smallest absolute Gasteiger partial charge is 0.302 e.